The third-order valence-corrected chi connectivity index (χ3v) is 13.3. The van der Waals surface area contributed by atoms with E-state index < -0.39 is 6.10 Å². The van der Waals surface area contributed by atoms with Crippen molar-refractivity contribution in [3.8, 4) is 0 Å². The van der Waals surface area contributed by atoms with E-state index in [0.717, 1.165) is 135 Å². The van der Waals surface area contributed by atoms with Gasteiger partial charge in [-0.1, -0.05) is 278 Å². The average Bonchev–Trinajstić information content (AvgIpc) is 3.41. The van der Waals surface area contributed by atoms with Gasteiger partial charge in [-0.2, -0.15) is 0 Å². The largest absolute Gasteiger partial charge is 0.462 e. The fourth-order valence-corrected chi connectivity index (χ4v) is 8.64. The van der Waals surface area contributed by atoms with Gasteiger partial charge >= 0.3 is 17.9 Å². The first-order valence-electron chi connectivity index (χ1n) is 31.4. The Morgan fingerprint density at radius 1 is 0.280 bits per heavy atom. The van der Waals surface area contributed by atoms with Crippen LogP contribution in [0.5, 0.6) is 0 Å². The minimum atomic E-state index is -0.808. The van der Waals surface area contributed by atoms with Crippen LogP contribution in [0.1, 0.15) is 290 Å². The second-order valence-corrected chi connectivity index (χ2v) is 20.6. The van der Waals surface area contributed by atoms with E-state index in [-0.39, 0.29) is 37.5 Å². The van der Waals surface area contributed by atoms with E-state index in [1.54, 1.807) is 0 Å². The van der Waals surface area contributed by atoms with Crippen molar-refractivity contribution in [1.82, 2.24) is 0 Å². The van der Waals surface area contributed by atoms with Gasteiger partial charge in [-0.3, -0.25) is 14.4 Å². The highest BCUT2D eigenvalue weighted by atomic mass is 16.6. The summed E-state index contributed by atoms with van der Waals surface area (Å²) in [7, 11) is 0. The molecule has 0 fully saturated rings. The van der Waals surface area contributed by atoms with Gasteiger partial charge in [0.1, 0.15) is 13.2 Å². The minimum absolute atomic E-state index is 0.0987. The molecule has 0 radical (unpaired) electrons. The number of unbranched alkanes of at least 4 members (excludes halogenated alkanes) is 27. The molecular weight excluding hydrogens is 925 g/mol. The van der Waals surface area contributed by atoms with E-state index >= 15 is 0 Å². The lowest BCUT2D eigenvalue weighted by Gasteiger charge is -2.18. The molecule has 428 valence electrons. The van der Waals surface area contributed by atoms with Crippen molar-refractivity contribution in [2.75, 3.05) is 13.2 Å². The standard InChI is InChI=1S/C69H116O6/c1-4-7-10-13-16-19-22-25-28-31-33-34-36-38-41-44-47-50-53-56-59-62-68(71)74-65-66(64-73-67(70)61-58-55-52-49-46-43-40-37-30-27-24-21-18-15-12-9-6-3)75-69(72)63-60-57-54-51-48-45-42-39-35-32-29-26-23-20-17-14-11-8-5-2/h8-9,11-12,17-18,20-21,26-27,29-30,35,39-40,43,45,48,66H,4-7,10,13-16,19,22-25,28,31-34,36-38,41-42,44,46-47,49-65H2,1-3H3/b11-8-,12-9-,20-17-,21-18-,29-26-,30-27-,39-35-,43-40-,48-45-. The quantitative estimate of drug-likeness (QED) is 0.0261. The van der Waals surface area contributed by atoms with Crippen LogP contribution >= 0.6 is 0 Å². The smallest absolute Gasteiger partial charge is 0.306 e. The summed E-state index contributed by atoms with van der Waals surface area (Å²) in [5.41, 5.74) is 0. The van der Waals surface area contributed by atoms with Crippen molar-refractivity contribution in [3.05, 3.63) is 109 Å². The van der Waals surface area contributed by atoms with Gasteiger partial charge in [-0.25, -0.2) is 0 Å². The van der Waals surface area contributed by atoms with Gasteiger partial charge < -0.3 is 14.2 Å². The number of ether oxygens (including phenoxy) is 3. The molecule has 0 heterocycles. The minimum Gasteiger partial charge on any atom is -0.462 e. The molecule has 1 unspecified atom stereocenters. The normalized spacial score (nSPS) is 12.8. The number of esters is 3. The Hall–Kier alpha value is -3.93. The van der Waals surface area contributed by atoms with Crippen molar-refractivity contribution >= 4 is 17.9 Å². The fourth-order valence-electron chi connectivity index (χ4n) is 8.64. The predicted octanol–water partition coefficient (Wildman–Crippen LogP) is 21.4. The average molecular weight is 1040 g/mol. The maximum Gasteiger partial charge on any atom is 0.306 e. The molecule has 0 saturated heterocycles. The summed E-state index contributed by atoms with van der Waals surface area (Å²) in [6, 6.07) is 0. The third-order valence-electron chi connectivity index (χ3n) is 13.3. The monoisotopic (exact) mass is 1040 g/mol. The molecule has 6 heteroatoms. The van der Waals surface area contributed by atoms with Crippen molar-refractivity contribution in [2.24, 2.45) is 0 Å². The van der Waals surface area contributed by atoms with Gasteiger partial charge in [-0.15, -0.1) is 0 Å². The number of hydrogen-bond donors (Lipinski definition) is 0. The Labute approximate surface area is 463 Å². The summed E-state index contributed by atoms with van der Waals surface area (Å²) >= 11 is 0. The van der Waals surface area contributed by atoms with Gasteiger partial charge in [0.05, 0.1) is 0 Å². The summed E-state index contributed by atoms with van der Waals surface area (Å²) in [6.45, 7) is 6.39. The summed E-state index contributed by atoms with van der Waals surface area (Å²) in [5.74, 6) is -0.948. The zero-order valence-corrected chi connectivity index (χ0v) is 49.0. The van der Waals surface area contributed by atoms with E-state index in [2.05, 4.69) is 130 Å². The van der Waals surface area contributed by atoms with Crippen LogP contribution in [0.3, 0.4) is 0 Å². The molecule has 0 aromatic heterocycles. The van der Waals surface area contributed by atoms with Gasteiger partial charge in [0.2, 0.25) is 0 Å². The molecule has 0 aliphatic rings. The lowest BCUT2D eigenvalue weighted by Crippen LogP contribution is -2.30. The first-order chi connectivity index (χ1) is 37.0. The Balaban J connectivity index is 4.45. The molecule has 0 spiro atoms. The van der Waals surface area contributed by atoms with Gasteiger partial charge in [0.25, 0.3) is 0 Å². The van der Waals surface area contributed by atoms with Crippen LogP contribution < -0.4 is 0 Å². The van der Waals surface area contributed by atoms with E-state index in [9.17, 15) is 14.4 Å². The van der Waals surface area contributed by atoms with Crippen molar-refractivity contribution < 1.29 is 28.6 Å². The number of carbonyl (C=O) groups is 3. The highest BCUT2D eigenvalue weighted by molar-refractivity contribution is 5.71. The highest BCUT2D eigenvalue weighted by Crippen LogP contribution is 2.16. The molecule has 0 saturated carbocycles. The molecule has 0 amide bonds. The van der Waals surface area contributed by atoms with E-state index in [1.807, 2.05) is 0 Å². The number of carbonyl (C=O) groups excluding carboxylic acids is 3. The van der Waals surface area contributed by atoms with Gasteiger partial charge in [0.15, 0.2) is 6.10 Å². The number of allylic oxidation sites excluding steroid dienone is 18. The maximum absolute atomic E-state index is 12.9. The molecule has 0 aliphatic heterocycles. The maximum atomic E-state index is 12.9. The van der Waals surface area contributed by atoms with Crippen LogP contribution in [0.2, 0.25) is 0 Å². The van der Waals surface area contributed by atoms with Crippen LogP contribution in [-0.2, 0) is 28.6 Å². The van der Waals surface area contributed by atoms with Crippen molar-refractivity contribution in [3.63, 3.8) is 0 Å². The van der Waals surface area contributed by atoms with Crippen LogP contribution in [0.4, 0.5) is 0 Å². The topological polar surface area (TPSA) is 78.9 Å². The third kappa shape index (κ3) is 60.8. The molecule has 0 N–H and O–H groups in total. The van der Waals surface area contributed by atoms with Crippen molar-refractivity contribution in [2.45, 2.75) is 297 Å². The first kappa shape index (κ1) is 71.1. The first-order valence-corrected chi connectivity index (χ1v) is 31.4. The SMILES string of the molecule is CC/C=C\C/C=C\C/C=C\C/C=C\C/C=C\CCCCCC(=O)OC(COC(=O)CCCCCC/C=C\C/C=C\C/C=C\C/C=C\CC)COC(=O)CCCCCCCCCCCCCCCCCCCCCCC. The molecule has 0 bridgehead atoms. The summed E-state index contributed by atoms with van der Waals surface area (Å²) in [4.78, 5) is 38.3. The number of hydrogen-bond acceptors (Lipinski definition) is 6. The van der Waals surface area contributed by atoms with Crippen LogP contribution in [0.15, 0.2) is 109 Å². The Kier molecular flexibility index (Phi) is 59.3. The summed E-state index contributed by atoms with van der Waals surface area (Å²) in [5, 5.41) is 0. The fraction of sp³-hybridized carbons (Fsp3) is 0.696. The lowest BCUT2D eigenvalue weighted by atomic mass is 10.0. The van der Waals surface area contributed by atoms with Crippen molar-refractivity contribution in [1.29, 1.82) is 0 Å². The molecule has 75 heavy (non-hydrogen) atoms. The Morgan fingerprint density at radius 2 is 0.520 bits per heavy atom. The molecule has 0 aromatic carbocycles. The molecule has 0 aliphatic carbocycles. The second kappa shape index (κ2) is 62.6. The van der Waals surface area contributed by atoms with Crippen LogP contribution in [0.25, 0.3) is 0 Å². The van der Waals surface area contributed by atoms with E-state index in [0.29, 0.717) is 12.8 Å². The van der Waals surface area contributed by atoms with E-state index in [4.69, 9.17) is 14.2 Å². The highest BCUT2D eigenvalue weighted by Gasteiger charge is 2.19. The molecule has 0 aromatic rings. The van der Waals surface area contributed by atoms with Gasteiger partial charge in [0, 0.05) is 19.3 Å². The zero-order valence-electron chi connectivity index (χ0n) is 49.0. The molecule has 0 rings (SSSR count). The summed E-state index contributed by atoms with van der Waals surface area (Å²) in [6.07, 6.45) is 85.2. The van der Waals surface area contributed by atoms with E-state index in [1.165, 1.54) is 116 Å². The van der Waals surface area contributed by atoms with Crippen LogP contribution in [-0.4, -0.2) is 37.2 Å². The molecule has 1 atom stereocenters. The Morgan fingerprint density at radius 3 is 0.827 bits per heavy atom. The van der Waals surface area contributed by atoms with Crippen LogP contribution in [0, 0.1) is 0 Å². The lowest BCUT2D eigenvalue weighted by molar-refractivity contribution is -0.167. The molecule has 6 nitrogen and oxygen atoms in total. The number of rotatable bonds is 56. The van der Waals surface area contributed by atoms with Gasteiger partial charge in [-0.05, 0) is 103 Å². The second-order valence-electron chi connectivity index (χ2n) is 20.6. The Bertz CT molecular complexity index is 1520. The summed E-state index contributed by atoms with van der Waals surface area (Å²) < 4.78 is 16.9. The predicted molar refractivity (Wildman–Crippen MR) is 325 cm³/mol. The molecular formula is C69H116O6. The zero-order chi connectivity index (χ0) is 54.3.